The summed E-state index contributed by atoms with van der Waals surface area (Å²) in [5, 5.41) is 27.0. The molecule has 0 amide bonds. The molecule has 0 aromatic heterocycles. The van der Waals surface area contributed by atoms with Gasteiger partial charge in [0.05, 0.1) is 13.7 Å². The van der Waals surface area contributed by atoms with Gasteiger partial charge >= 0.3 is 0 Å². The van der Waals surface area contributed by atoms with Gasteiger partial charge in [-0.05, 0) is 12.1 Å². The Bertz CT molecular complexity index is 302. The molecule has 0 saturated heterocycles. The van der Waals surface area contributed by atoms with Gasteiger partial charge in [0.15, 0.2) is 11.5 Å². The Hall–Kier alpha value is -1.30. The minimum absolute atomic E-state index is 0.306. The van der Waals surface area contributed by atoms with Crippen LogP contribution in [0.5, 0.6) is 11.5 Å². The SMILES string of the molecule is COc1ccccc1O[C@H](O)[C@@H](O)CO. The molecule has 0 spiro atoms. The second-order valence-corrected chi connectivity index (χ2v) is 2.91. The van der Waals surface area contributed by atoms with Crippen LogP contribution in [0.2, 0.25) is 0 Å². The molecule has 15 heavy (non-hydrogen) atoms. The molecule has 84 valence electrons. The first-order valence-electron chi connectivity index (χ1n) is 4.45. The largest absolute Gasteiger partial charge is 0.493 e. The second-order valence-electron chi connectivity index (χ2n) is 2.91. The maximum atomic E-state index is 9.30. The average Bonchev–Trinajstić information content (AvgIpc) is 2.28. The molecule has 5 nitrogen and oxygen atoms in total. The first-order valence-corrected chi connectivity index (χ1v) is 4.45. The summed E-state index contributed by atoms with van der Waals surface area (Å²) in [6.45, 7) is -0.573. The Labute approximate surface area is 87.5 Å². The molecule has 5 heteroatoms. The number of methoxy groups -OCH3 is 1. The van der Waals surface area contributed by atoms with Crippen molar-refractivity contribution >= 4 is 0 Å². The van der Waals surface area contributed by atoms with Crippen molar-refractivity contribution in [3.05, 3.63) is 24.3 Å². The molecule has 1 aromatic rings. The van der Waals surface area contributed by atoms with Crippen LogP contribution in [0.1, 0.15) is 0 Å². The summed E-state index contributed by atoms with van der Waals surface area (Å²) in [6, 6.07) is 6.70. The van der Waals surface area contributed by atoms with E-state index in [0.29, 0.717) is 11.5 Å². The van der Waals surface area contributed by atoms with Gasteiger partial charge < -0.3 is 24.8 Å². The smallest absolute Gasteiger partial charge is 0.226 e. The van der Waals surface area contributed by atoms with E-state index in [9.17, 15) is 5.11 Å². The van der Waals surface area contributed by atoms with Gasteiger partial charge in [-0.15, -0.1) is 0 Å². The lowest BCUT2D eigenvalue weighted by Crippen LogP contribution is -2.34. The molecule has 1 rings (SSSR count). The number of aliphatic hydroxyl groups excluding tert-OH is 3. The van der Waals surface area contributed by atoms with E-state index in [4.69, 9.17) is 19.7 Å². The summed E-state index contributed by atoms with van der Waals surface area (Å²) in [7, 11) is 1.47. The van der Waals surface area contributed by atoms with Crippen molar-refractivity contribution in [2.75, 3.05) is 13.7 Å². The zero-order chi connectivity index (χ0) is 11.3. The minimum Gasteiger partial charge on any atom is -0.493 e. The maximum Gasteiger partial charge on any atom is 0.226 e. The molecular weight excluding hydrogens is 200 g/mol. The normalized spacial score (nSPS) is 14.4. The number of para-hydroxylation sites is 2. The number of benzene rings is 1. The van der Waals surface area contributed by atoms with Crippen molar-refractivity contribution in [2.45, 2.75) is 12.4 Å². The molecule has 0 radical (unpaired) electrons. The molecule has 0 fully saturated rings. The Morgan fingerprint density at radius 3 is 2.33 bits per heavy atom. The first kappa shape index (κ1) is 11.8. The number of rotatable bonds is 5. The number of hydrogen-bond donors (Lipinski definition) is 3. The Morgan fingerprint density at radius 2 is 1.80 bits per heavy atom. The van der Waals surface area contributed by atoms with Crippen LogP contribution in [-0.2, 0) is 0 Å². The highest BCUT2D eigenvalue weighted by molar-refractivity contribution is 5.39. The Kier molecular flexibility index (Phi) is 4.36. The maximum absolute atomic E-state index is 9.30. The van der Waals surface area contributed by atoms with Crippen molar-refractivity contribution in [1.29, 1.82) is 0 Å². The first-order chi connectivity index (χ1) is 7.19. The topological polar surface area (TPSA) is 79.2 Å². The van der Waals surface area contributed by atoms with Crippen LogP contribution in [0.3, 0.4) is 0 Å². The quantitative estimate of drug-likeness (QED) is 0.589. The van der Waals surface area contributed by atoms with Gasteiger partial charge in [0.25, 0.3) is 0 Å². The number of hydrogen-bond acceptors (Lipinski definition) is 5. The standard InChI is InChI=1S/C10H14O5/c1-14-8-4-2-3-5-9(8)15-10(13)7(12)6-11/h2-5,7,10-13H,6H2,1H3/t7-,10-/m0/s1. The highest BCUT2D eigenvalue weighted by atomic mass is 16.6. The van der Waals surface area contributed by atoms with Crippen molar-refractivity contribution in [2.24, 2.45) is 0 Å². The highest BCUT2D eigenvalue weighted by Gasteiger charge is 2.18. The van der Waals surface area contributed by atoms with E-state index < -0.39 is 19.0 Å². The fourth-order valence-electron chi connectivity index (χ4n) is 1.01. The highest BCUT2D eigenvalue weighted by Crippen LogP contribution is 2.26. The summed E-state index contributed by atoms with van der Waals surface area (Å²) >= 11 is 0. The molecule has 1 aromatic carbocycles. The van der Waals surface area contributed by atoms with E-state index in [1.165, 1.54) is 7.11 Å². The van der Waals surface area contributed by atoms with Crippen molar-refractivity contribution < 1.29 is 24.8 Å². The minimum atomic E-state index is -1.48. The monoisotopic (exact) mass is 214 g/mol. The fourth-order valence-corrected chi connectivity index (χ4v) is 1.01. The summed E-state index contributed by atoms with van der Waals surface area (Å²) in [5.41, 5.74) is 0. The van der Waals surface area contributed by atoms with Gasteiger partial charge in [0, 0.05) is 0 Å². The van der Waals surface area contributed by atoms with Crippen LogP contribution in [0, 0.1) is 0 Å². The molecule has 0 saturated carbocycles. The Morgan fingerprint density at radius 1 is 1.20 bits per heavy atom. The van der Waals surface area contributed by atoms with Gasteiger partial charge in [-0.3, -0.25) is 0 Å². The number of aliphatic hydroxyl groups is 3. The third-order valence-electron chi connectivity index (χ3n) is 1.83. The summed E-state index contributed by atoms with van der Waals surface area (Å²) < 4.78 is 9.99. The third-order valence-corrected chi connectivity index (χ3v) is 1.83. The van der Waals surface area contributed by atoms with E-state index in [0.717, 1.165) is 0 Å². The molecular formula is C10H14O5. The molecule has 0 aliphatic rings. The molecule has 0 bridgehead atoms. The molecule has 0 unspecified atom stereocenters. The molecule has 0 heterocycles. The van der Waals surface area contributed by atoms with E-state index in [2.05, 4.69) is 0 Å². The van der Waals surface area contributed by atoms with E-state index in [-0.39, 0.29) is 0 Å². The van der Waals surface area contributed by atoms with E-state index in [1.54, 1.807) is 24.3 Å². The fraction of sp³-hybridized carbons (Fsp3) is 0.400. The summed E-state index contributed by atoms with van der Waals surface area (Å²) in [4.78, 5) is 0. The summed E-state index contributed by atoms with van der Waals surface area (Å²) in [6.07, 6.45) is -2.82. The lowest BCUT2D eigenvalue weighted by molar-refractivity contribution is -0.119. The second kappa shape index (κ2) is 5.55. The van der Waals surface area contributed by atoms with Crippen molar-refractivity contribution in [1.82, 2.24) is 0 Å². The third kappa shape index (κ3) is 3.09. The van der Waals surface area contributed by atoms with Crippen LogP contribution < -0.4 is 9.47 Å². The number of ether oxygens (including phenoxy) is 2. The van der Waals surface area contributed by atoms with Gasteiger partial charge in [0.2, 0.25) is 6.29 Å². The molecule has 0 aliphatic carbocycles. The molecule has 3 N–H and O–H groups in total. The van der Waals surface area contributed by atoms with E-state index >= 15 is 0 Å². The van der Waals surface area contributed by atoms with Crippen LogP contribution >= 0.6 is 0 Å². The van der Waals surface area contributed by atoms with Crippen LogP contribution in [0.25, 0.3) is 0 Å². The predicted molar refractivity (Wildman–Crippen MR) is 52.7 cm³/mol. The van der Waals surface area contributed by atoms with Crippen molar-refractivity contribution in [3.63, 3.8) is 0 Å². The molecule has 0 aliphatic heterocycles. The zero-order valence-corrected chi connectivity index (χ0v) is 8.33. The van der Waals surface area contributed by atoms with Crippen LogP contribution in [0.15, 0.2) is 24.3 Å². The average molecular weight is 214 g/mol. The lowest BCUT2D eigenvalue weighted by Gasteiger charge is -2.18. The Balaban J connectivity index is 2.71. The zero-order valence-electron chi connectivity index (χ0n) is 8.33. The molecule has 2 atom stereocenters. The van der Waals surface area contributed by atoms with Gasteiger partial charge in [-0.1, -0.05) is 12.1 Å². The van der Waals surface area contributed by atoms with Gasteiger partial charge in [-0.2, -0.15) is 0 Å². The van der Waals surface area contributed by atoms with Gasteiger partial charge in [-0.25, -0.2) is 0 Å². The van der Waals surface area contributed by atoms with Crippen LogP contribution in [-0.4, -0.2) is 41.4 Å². The van der Waals surface area contributed by atoms with E-state index in [1.807, 2.05) is 0 Å². The van der Waals surface area contributed by atoms with Gasteiger partial charge in [0.1, 0.15) is 6.10 Å². The van der Waals surface area contributed by atoms with Crippen molar-refractivity contribution in [3.8, 4) is 11.5 Å². The summed E-state index contributed by atoms with van der Waals surface area (Å²) in [5.74, 6) is 0.752. The van der Waals surface area contributed by atoms with Crippen LogP contribution in [0.4, 0.5) is 0 Å². The lowest BCUT2D eigenvalue weighted by atomic mass is 10.3. The predicted octanol–water partition coefficient (Wildman–Crippen LogP) is -0.254.